The average molecular weight is 278 g/mol. The highest BCUT2D eigenvalue weighted by Crippen LogP contribution is 2.21. The van der Waals surface area contributed by atoms with Gasteiger partial charge in [0.05, 0.1) is 13.1 Å². The quantitative estimate of drug-likeness (QED) is 0.827. The van der Waals surface area contributed by atoms with Gasteiger partial charge in [-0.25, -0.2) is 4.98 Å². The lowest BCUT2D eigenvalue weighted by atomic mass is 10.2. The lowest BCUT2D eigenvalue weighted by Crippen LogP contribution is -2.39. The summed E-state index contributed by atoms with van der Waals surface area (Å²) in [4.78, 5) is 18.5. The largest absolute Gasteiger partial charge is 0.348 e. The van der Waals surface area contributed by atoms with E-state index in [-0.39, 0.29) is 5.91 Å². The van der Waals surface area contributed by atoms with Gasteiger partial charge in [-0.3, -0.25) is 9.69 Å². The zero-order valence-corrected chi connectivity index (χ0v) is 12.6. The molecule has 0 radical (unpaired) electrons. The number of imidazole rings is 1. The van der Waals surface area contributed by atoms with Crippen molar-refractivity contribution in [1.29, 1.82) is 0 Å². The fraction of sp³-hybridized carbons (Fsp3) is 0.733. The van der Waals surface area contributed by atoms with Gasteiger partial charge in [-0.05, 0) is 26.3 Å². The van der Waals surface area contributed by atoms with E-state index in [4.69, 9.17) is 0 Å². The summed E-state index contributed by atoms with van der Waals surface area (Å²) in [5.41, 5.74) is 0. The molecule has 20 heavy (non-hydrogen) atoms. The van der Waals surface area contributed by atoms with Gasteiger partial charge in [-0.15, -0.1) is 0 Å². The lowest BCUT2D eigenvalue weighted by Gasteiger charge is -2.23. The van der Waals surface area contributed by atoms with Crippen molar-refractivity contribution in [3.63, 3.8) is 0 Å². The first-order valence-corrected chi connectivity index (χ1v) is 7.67. The second-order valence-corrected chi connectivity index (χ2v) is 5.67. The molecule has 1 aromatic rings. The minimum atomic E-state index is 0.0884. The molecule has 1 N–H and O–H groups in total. The van der Waals surface area contributed by atoms with E-state index in [9.17, 15) is 4.79 Å². The van der Waals surface area contributed by atoms with E-state index >= 15 is 0 Å². The first-order chi connectivity index (χ1) is 9.70. The molecule has 112 valence electrons. The predicted molar refractivity (Wildman–Crippen MR) is 79.3 cm³/mol. The highest BCUT2D eigenvalue weighted by atomic mass is 16.2. The van der Waals surface area contributed by atoms with Crippen LogP contribution in [0.15, 0.2) is 12.4 Å². The molecule has 0 saturated heterocycles. The Balaban J connectivity index is 1.75. The molecule has 1 saturated carbocycles. The Morgan fingerprint density at radius 2 is 2.25 bits per heavy atom. The van der Waals surface area contributed by atoms with Gasteiger partial charge in [0.2, 0.25) is 5.91 Å². The summed E-state index contributed by atoms with van der Waals surface area (Å²) in [6.45, 7) is 4.09. The van der Waals surface area contributed by atoms with Crippen molar-refractivity contribution in [1.82, 2.24) is 19.8 Å². The highest BCUT2D eigenvalue weighted by Gasteiger charge is 2.21. The number of nitrogens with one attached hydrogen (secondary N) is 1. The number of carbonyl (C=O) groups excluding carboxylic acids is 1. The first kappa shape index (κ1) is 15.0. The number of carbonyl (C=O) groups is 1. The molecule has 5 heteroatoms. The van der Waals surface area contributed by atoms with Crippen LogP contribution >= 0.6 is 0 Å². The van der Waals surface area contributed by atoms with Gasteiger partial charge >= 0.3 is 0 Å². The van der Waals surface area contributed by atoms with Gasteiger partial charge in [0.15, 0.2) is 0 Å². The summed E-state index contributed by atoms with van der Waals surface area (Å²) in [5, 5.41) is 2.97. The molecule has 0 bridgehead atoms. The number of aromatic nitrogens is 2. The van der Waals surface area contributed by atoms with E-state index < -0.39 is 0 Å². The molecule has 0 atom stereocenters. The molecule has 5 nitrogen and oxygen atoms in total. The lowest BCUT2D eigenvalue weighted by molar-refractivity contribution is -0.122. The monoisotopic (exact) mass is 278 g/mol. The van der Waals surface area contributed by atoms with Crippen LogP contribution in [0.4, 0.5) is 0 Å². The number of amides is 1. The molecule has 1 aromatic heterocycles. The van der Waals surface area contributed by atoms with E-state index in [0.29, 0.717) is 19.1 Å². The molecule has 1 fully saturated rings. The van der Waals surface area contributed by atoms with Crippen molar-refractivity contribution in [2.24, 2.45) is 0 Å². The van der Waals surface area contributed by atoms with Gasteiger partial charge in [0.1, 0.15) is 5.82 Å². The van der Waals surface area contributed by atoms with Gasteiger partial charge in [0.25, 0.3) is 0 Å². The van der Waals surface area contributed by atoms with Crippen LogP contribution in [0, 0.1) is 0 Å². The molecule has 1 aliphatic rings. The Morgan fingerprint density at radius 3 is 2.95 bits per heavy atom. The fourth-order valence-corrected chi connectivity index (χ4v) is 2.89. The van der Waals surface area contributed by atoms with Crippen LogP contribution in [0.3, 0.4) is 0 Å². The third kappa shape index (κ3) is 4.07. The number of nitrogens with zero attached hydrogens (tertiary/aromatic N) is 3. The zero-order chi connectivity index (χ0) is 14.4. The van der Waals surface area contributed by atoms with Crippen LogP contribution in [0.25, 0.3) is 0 Å². The summed E-state index contributed by atoms with van der Waals surface area (Å²) in [6, 6.07) is 0.586. The number of hydrogen-bond donors (Lipinski definition) is 1. The molecule has 2 rings (SSSR count). The number of aryl methyl sites for hydroxylation is 1. The van der Waals surface area contributed by atoms with Crippen molar-refractivity contribution in [2.75, 3.05) is 13.6 Å². The summed E-state index contributed by atoms with van der Waals surface area (Å²) < 4.78 is 2.10. The van der Waals surface area contributed by atoms with E-state index in [0.717, 1.165) is 18.8 Å². The molecular formula is C15H26N4O. The summed E-state index contributed by atoms with van der Waals surface area (Å²) in [7, 11) is 2.05. The Labute approximate surface area is 121 Å². The topological polar surface area (TPSA) is 50.2 Å². The number of likely N-dealkylation sites (N-methyl/N-ethyl adjacent to an activating group) is 1. The SMILES string of the molecule is CCCn1ccnc1CNC(=O)CN(C)C1CCCC1. The molecule has 0 spiro atoms. The van der Waals surface area contributed by atoms with Crippen molar-refractivity contribution in [3.8, 4) is 0 Å². The minimum absolute atomic E-state index is 0.0884. The molecule has 1 aliphatic carbocycles. The number of hydrogen-bond acceptors (Lipinski definition) is 3. The Hall–Kier alpha value is -1.36. The predicted octanol–water partition coefficient (Wildman–Crippen LogP) is 1.78. The molecule has 1 heterocycles. The van der Waals surface area contributed by atoms with Crippen molar-refractivity contribution in [3.05, 3.63) is 18.2 Å². The molecular weight excluding hydrogens is 252 g/mol. The standard InChI is InChI=1S/C15H26N4O/c1-3-9-19-10-8-16-14(19)11-17-15(20)12-18(2)13-6-4-5-7-13/h8,10,13H,3-7,9,11-12H2,1-2H3,(H,17,20). The van der Waals surface area contributed by atoms with Crippen LogP contribution in [0.1, 0.15) is 44.9 Å². The molecule has 0 aliphatic heterocycles. The average Bonchev–Trinajstić information content (AvgIpc) is 3.08. The van der Waals surface area contributed by atoms with E-state index in [2.05, 4.69) is 26.7 Å². The molecule has 0 aromatic carbocycles. The van der Waals surface area contributed by atoms with Gasteiger partial charge in [-0.2, -0.15) is 0 Å². The molecule has 1 amide bonds. The van der Waals surface area contributed by atoms with Crippen LogP contribution < -0.4 is 5.32 Å². The van der Waals surface area contributed by atoms with Crippen LogP contribution in [0.5, 0.6) is 0 Å². The zero-order valence-electron chi connectivity index (χ0n) is 12.6. The smallest absolute Gasteiger partial charge is 0.234 e. The highest BCUT2D eigenvalue weighted by molar-refractivity contribution is 5.77. The van der Waals surface area contributed by atoms with Crippen molar-refractivity contribution >= 4 is 5.91 Å². The van der Waals surface area contributed by atoms with Crippen molar-refractivity contribution < 1.29 is 4.79 Å². The van der Waals surface area contributed by atoms with Gasteiger partial charge in [-0.1, -0.05) is 19.8 Å². The second kappa shape index (κ2) is 7.43. The fourth-order valence-electron chi connectivity index (χ4n) is 2.89. The third-order valence-corrected chi connectivity index (χ3v) is 4.05. The van der Waals surface area contributed by atoms with E-state index in [1.807, 2.05) is 13.2 Å². The second-order valence-electron chi connectivity index (χ2n) is 5.67. The van der Waals surface area contributed by atoms with E-state index in [1.54, 1.807) is 6.20 Å². The van der Waals surface area contributed by atoms with Gasteiger partial charge < -0.3 is 9.88 Å². The maximum atomic E-state index is 12.0. The third-order valence-electron chi connectivity index (χ3n) is 4.05. The minimum Gasteiger partial charge on any atom is -0.348 e. The molecule has 0 unspecified atom stereocenters. The first-order valence-electron chi connectivity index (χ1n) is 7.67. The van der Waals surface area contributed by atoms with Crippen LogP contribution in [0.2, 0.25) is 0 Å². The Morgan fingerprint density at radius 1 is 1.50 bits per heavy atom. The van der Waals surface area contributed by atoms with Crippen molar-refractivity contribution in [2.45, 2.75) is 58.2 Å². The summed E-state index contributed by atoms with van der Waals surface area (Å²) in [5.74, 6) is 1.02. The summed E-state index contributed by atoms with van der Waals surface area (Å²) in [6.07, 6.45) is 9.88. The van der Waals surface area contributed by atoms with Gasteiger partial charge in [0, 0.05) is 25.0 Å². The maximum absolute atomic E-state index is 12.0. The summed E-state index contributed by atoms with van der Waals surface area (Å²) >= 11 is 0. The van der Waals surface area contributed by atoms with Crippen LogP contribution in [-0.2, 0) is 17.9 Å². The Bertz CT molecular complexity index is 423. The normalized spacial score (nSPS) is 15.9. The van der Waals surface area contributed by atoms with E-state index in [1.165, 1.54) is 25.7 Å². The number of rotatable bonds is 7. The maximum Gasteiger partial charge on any atom is 0.234 e. The van der Waals surface area contributed by atoms with Crippen LogP contribution in [-0.4, -0.2) is 40.0 Å². The Kier molecular flexibility index (Phi) is 5.59.